The molecule has 11 heavy (non-hydrogen) atoms. The largest absolute Gasteiger partial charge is 0.760 e. The lowest BCUT2D eigenvalue weighted by Gasteiger charge is -2.06. The number of hydrogen-bond acceptors (Lipinski definition) is 4. The lowest BCUT2D eigenvalue weighted by atomic mass is 10.5. The Hall–Kier alpha value is -0.500. The van der Waals surface area contributed by atoms with Gasteiger partial charge < -0.3 is 15.6 Å². The molecule has 0 aliphatic carbocycles. The molecule has 0 aromatic rings. The smallest absolute Gasteiger partial charge is 0.234 e. The third-order valence-electron chi connectivity index (χ3n) is 0.817. The SMILES string of the molecule is NCCNC(=O)CNS(=O)[O-]. The molecule has 1 unspecified atom stereocenters. The predicted octanol–water partition coefficient (Wildman–Crippen LogP) is -2.55. The maximum atomic E-state index is 10.6. The van der Waals surface area contributed by atoms with E-state index in [-0.39, 0.29) is 12.5 Å². The minimum Gasteiger partial charge on any atom is -0.760 e. The van der Waals surface area contributed by atoms with Gasteiger partial charge in [0.1, 0.15) is 0 Å². The van der Waals surface area contributed by atoms with Crippen molar-refractivity contribution in [3.63, 3.8) is 0 Å². The average molecular weight is 180 g/mol. The van der Waals surface area contributed by atoms with E-state index in [1.807, 2.05) is 4.72 Å². The van der Waals surface area contributed by atoms with E-state index >= 15 is 0 Å². The molecular weight excluding hydrogens is 170 g/mol. The van der Waals surface area contributed by atoms with Crippen molar-refractivity contribution in [3.8, 4) is 0 Å². The van der Waals surface area contributed by atoms with E-state index in [1.54, 1.807) is 0 Å². The van der Waals surface area contributed by atoms with Crippen LogP contribution in [-0.2, 0) is 16.1 Å². The highest BCUT2D eigenvalue weighted by molar-refractivity contribution is 7.77. The van der Waals surface area contributed by atoms with E-state index in [0.717, 1.165) is 0 Å². The number of rotatable bonds is 5. The van der Waals surface area contributed by atoms with E-state index < -0.39 is 11.3 Å². The molecule has 1 amide bonds. The summed E-state index contributed by atoms with van der Waals surface area (Å²) in [7, 11) is 0. The molecule has 0 saturated carbocycles. The maximum absolute atomic E-state index is 10.6. The molecule has 0 rings (SSSR count). The first-order valence-corrected chi connectivity index (χ1v) is 4.04. The molecule has 7 heteroatoms. The summed E-state index contributed by atoms with van der Waals surface area (Å²) in [4.78, 5) is 10.6. The Kier molecular flexibility index (Phi) is 5.94. The first-order chi connectivity index (χ1) is 5.16. The van der Waals surface area contributed by atoms with Crippen molar-refractivity contribution in [2.24, 2.45) is 5.73 Å². The van der Waals surface area contributed by atoms with Gasteiger partial charge in [0.05, 0.1) is 6.54 Å². The molecule has 0 aromatic carbocycles. The summed E-state index contributed by atoms with van der Waals surface area (Å²) in [5, 5.41) is 2.39. The van der Waals surface area contributed by atoms with Crippen molar-refractivity contribution in [2.75, 3.05) is 19.6 Å². The highest BCUT2D eigenvalue weighted by atomic mass is 32.2. The summed E-state index contributed by atoms with van der Waals surface area (Å²) in [5.41, 5.74) is 5.08. The van der Waals surface area contributed by atoms with E-state index in [2.05, 4.69) is 5.32 Å². The summed E-state index contributed by atoms with van der Waals surface area (Å²) < 4.78 is 21.6. The van der Waals surface area contributed by atoms with Gasteiger partial charge in [-0.05, 0) is 0 Å². The molecule has 0 bridgehead atoms. The Morgan fingerprint density at radius 2 is 2.27 bits per heavy atom. The van der Waals surface area contributed by atoms with Crippen LogP contribution in [0.15, 0.2) is 0 Å². The number of amides is 1. The number of hydrogen-bond donors (Lipinski definition) is 3. The van der Waals surface area contributed by atoms with Gasteiger partial charge in [0, 0.05) is 24.4 Å². The van der Waals surface area contributed by atoms with Crippen LogP contribution in [0.4, 0.5) is 0 Å². The van der Waals surface area contributed by atoms with E-state index in [1.165, 1.54) is 0 Å². The van der Waals surface area contributed by atoms with Crippen molar-refractivity contribution >= 4 is 17.2 Å². The predicted molar refractivity (Wildman–Crippen MR) is 39.0 cm³/mol. The van der Waals surface area contributed by atoms with Gasteiger partial charge in [-0.15, -0.1) is 0 Å². The molecule has 1 atom stereocenters. The normalized spacial score (nSPS) is 12.5. The molecule has 0 radical (unpaired) electrons. The molecule has 0 aromatic heterocycles. The Labute approximate surface area is 66.9 Å². The third-order valence-corrected chi connectivity index (χ3v) is 1.20. The summed E-state index contributed by atoms with van der Waals surface area (Å²) in [5.74, 6) is -0.389. The van der Waals surface area contributed by atoms with Crippen LogP contribution in [0.1, 0.15) is 0 Å². The fraction of sp³-hybridized carbons (Fsp3) is 0.750. The van der Waals surface area contributed by atoms with Crippen molar-refractivity contribution in [2.45, 2.75) is 0 Å². The van der Waals surface area contributed by atoms with Crippen molar-refractivity contribution < 1.29 is 13.6 Å². The molecule has 0 aliphatic rings. The summed E-state index contributed by atoms with van der Waals surface area (Å²) in [6, 6.07) is 0. The second-order valence-corrected chi connectivity index (χ2v) is 2.45. The zero-order valence-corrected chi connectivity index (χ0v) is 6.65. The fourth-order valence-corrected chi connectivity index (χ4v) is 0.648. The zero-order valence-electron chi connectivity index (χ0n) is 5.83. The van der Waals surface area contributed by atoms with Gasteiger partial charge >= 0.3 is 0 Å². The van der Waals surface area contributed by atoms with Crippen LogP contribution >= 0.6 is 0 Å². The van der Waals surface area contributed by atoms with Gasteiger partial charge in [-0.2, -0.15) is 0 Å². The van der Waals surface area contributed by atoms with Crippen molar-refractivity contribution in [1.29, 1.82) is 0 Å². The van der Waals surface area contributed by atoms with Gasteiger partial charge in [0.2, 0.25) is 5.91 Å². The number of carbonyl (C=O) groups is 1. The molecule has 0 aliphatic heterocycles. The van der Waals surface area contributed by atoms with Gasteiger partial charge in [-0.3, -0.25) is 9.00 Å². The standard InChI is InChI=1S/C4H11N3O3S/c5-1-2-6-4(8)3-7-11(9)10/h7H,1-3,5H2,(H,6,8)(H,9,10)/p-1. The van der Waals surface area contributed by atoms with Crippen LogP contribution in [0, 0.1) is 0 Å². The first-order valence-electron chi connectivity index (χ1n) is 2.96. The Morgan fingerprint density at radius 3 is 2.73 bits per heavy atom. The molecule has 0 saturated heterocycles. The van der Waals surface area contributed by atoms with Crippen LogP contribution in [-0.4, -0.2) is 34.3 Å². The zero-order chi connectivity index (χ0) is 8.69. The van der Waals surface area contributed by atoms with Crippen LogP contribution in [0.25, 0.3) is 0 Å². The fourth-order valence-electron chi connectivity index (χ4n) is 0.399. The molecule has 6 nitrogen and oxygen atoms in total. The second-order valence-electron chi connectivity index (χ2n) is 1.69. The number of nitrogens with one attached hydrogen (secondary N) is 2. The van der Waals surface area contributed by atoms with Crippen LogP contribution in [0.3, 0.4) is 0 Å². The molecule has 0 spiro atoms. The Bertz CT molecular complexity index is 152. The van der Waals surface area contributed by atoms with Crippen LogP contribution in [0.2, 0.25) is 0 Å². The quantitative estimate of drug-likeness (QED) is 0.405. The van der Waals surface area contributed by atoms with Crippen LogP contribution < -0.4 is 15.8 Å². The minimum absolute atomic E-state index is 0.240. The Balaban J connectivity index is 3.30. The maximum Gasteiger partial charge on any atom is 0.234 e. The highest BCUT2D eigenvalue weighted by Crippen LogP contribution is 1.65. The average Bonchev–Trinajstić information content (AvgIpc) is 1.97. The summed E-state index contributed by atoms with van der Waals surface area (Å²) in [6.07, 6.45) is 0. The van der Waals surface area contributed by atoms with Crippen LogP contribution in [0.5, 0.6) is 0 Å². The molecule has 4 N–H and O–H groups in total. The topological polar surface area (TPSA) is 107 Å². The molecule has 66 valence electrons. The van der Waals surface area contributed by atoms with Gasteiger partial charge in [-0.25, -0.2) is 4.72 Å². The second kappa shape index (κ2) is 6.23. The lowest BCUT2D eigenvalue weighted by Crippen LogP contribution is -2.37. The number of nitrogens with two attached hydrogens (primary N) is 1. The molecule has 0 heterocycles. The van der Waals surface area contributed by atoms with E-state index in [0.29, 0.717) is 13.1 Å². The summed E-state index contributed by atoms with van der Waals surface area (Å²) >= 11 is -2.38. The third kappa shape index (κ3) is 7.40. The monoisotopic (exact) mass is 180 g/mol. The first kappa shape index (κ1) is 10.5. The van der Waals surface area contributed by atoms with Gasteiger partial charge in [-0.1, -0.05) is 0 Å². The van der Waals surface area contributed by atoms with Crippen molar-refractivity contribution in [3.05, 3.63) is 0 Å². The van der Waals surface area contributed by atoms with E-state index in [9.17, 15) is 13.6 Å². The van der Waals surface area contributed by atoms with Crippen molar-refractivity contribution in [1.82, 2.24) is 10.0 Å². The summed E-state index contributed by atoms with van der Waals surface area (Å²) in [6.45, 7) is 0.453. The molecule has 0 fully saturated rings. The number of carbonyl (C=O) groups excluding carboxylic acids is 1. The minimum atomic E-state index is -2.38. The van der Waals surface area contributed by atoms with Gasteiger partial charge in [0.25, 0.3) is 0 Å². The Morgan fingerprint density at radius 1 is 1.64 bits per heavy atom. The van der Waals surface area contributed by atoms with E-state index in [4.69, 9.17) is 5.73 Å². The lowest BCUT2D eigenvalue weighted by molar-refractivity contribution is -0.119. The highest BCUT2D eigenvalue weighted by Gasteiger charge is 1.96. The molecular formula is C4H10N3O3S-. The van der Waals surface area contributed by atoms with Gasteiger partial charge in [0.15, 0.2) is 0 Å².